The molecule has 0 spiro atoms. The van der Waals surface area contributed by atoms with Crippen LogP contribution >= 0.6 is 0 Å². The van der Waals surface area contributed by atoms with E-state index in [1.165, 1.54) is 19.2 Å². The number of halogens is 1. The highest BCUT2D eigenvalue weighted by molar-refractivity contribution is 5.94. The van der Waals surface area contributed by atoms with Gasteiger partial charge in [0, 0.05) is 25.6 Å². The molecule has 1 aromatic rings. The van der Waals surface area contributed by atoms with Crippen LogP contribution < -0.4 is 16.4 Å². The van der Waals surface area contributed by atoms with Crippen molar-refractivity contribution in [3.05, 3.63) is 35.1 Å². The molecule has 0 aliphatic rings. The highest BCUT2D eigenvalue weighted by atomic mass is 19.1. The number of hydrogen-bond acceptors (Lipinski definition) is 3. The smallest absolute Gasteiger partial charge is 0.251 e. The number of amides is 2. The van der Waals surface area contributed by atoms with Gasteiger partial charge in [0.15, 0.2) is 0 Å². The van der Waals surface area contributed by atoms with E-state index < -0.39 is 11.7 Å². The Morgan fingerprint density at radius 1 is 1.40 bits per heavy atom. The number of nitrogens with one attached hydrogen (secondary N) is 2. The van der Waals surface area contributed by atoms with Crippen LogP contribution in [0.25, 0.3) is 0 Å². The molecule has 5 nitrogen and oxygen atoms in total. The van der Waals surface area contributed by atoms with E-state index in [4.69, 9.17) is 5.73 Å². The second-order valence-corrected chi connectivity index (χ2v) is 3.88. The van der Waals surface area contributed by atoms with Gasteiger partial charge in [0.05, 0.1) is 12.1 Å². The molecule has 0 saturated heterocycles. The fourth-order valence-corrected chi connectivity index (χ4v) is 1.42. The minimum Gasteiger partial charge on any atom is -0.359 e. The number of hydrogen-bond donors (Lipinski definition) is 3. The lowest BCUT2D eigenvalue weighted by Crippen LogP contribution is -2.29. The van der Waals surface area contributed by atoms with E-state index in [1.807, 2.05) is 0 Å². The Morgan fingerprint density at radius 2 is 2.15 bits per heavy atom. The molecule has 1 aromatic carbocycles. The van der Waals surface area contributed by atoms with Crippen LogP contribution in [0.15, 0.2) is 18.2 Å². The topological polar surface area (TPSA) is 84.2 Å². The van der Waals surface area contributed by atoms with Gasteiger partial charge in [-0.1, -0.05) is 11.8 Å². The van der Waals surface area contributed by atoms with Crippen LogP contribution in [-0.2, 0) is 4.79 Å². The van der Waals surface area contributed by atoms with Crippen molar-refractivity contribution in [3.63, 3.8) is 0 Å². The zero-order valence-corrected chi connectivity index (χ0v) is 11.1. The Balaban J connectivity index is 2.65. The maximum atomic E-state index is 13.7. The van der Waals surface area contributed by atoms with Crippen LogP contribution in [0.5, 0.6) is 0 Å². The third kappa shape index (κ3) is 4.71. The molecule has 0 unspecified atom stereocenters. The molecule has 0 radical (unpaired) electrons. The van der Waals surface area contributed by atoms with Crippen molar-refractivity contribution in [1.82, 2.24) is 10.6 Å². The summed E-state index contributed by atoms with van der Waals surface area (Å²) in [6, 6.07) is 4.00. The third-order valence-electron chi connectivity index (χ3n) is 2.47. The van der Waals surface area contributed by atoms with Crippen molar-refractivity contribution in [2.24, 2.45) is 5.73 Å². The van der Waals surface area contributed by atoms with Gasteiger partial charge in [0.1, 0.15) is 5.82 Å². The molecule has 20 heavy (non-hydrogen) atoms. The minimum absolute atomic E-state index is 0.140. The SMILES string of the molecule is CNC(=O)CCNC(=O)c1ccc(C#CCN)c(F)c1. The summed E-state index contributed by atoms with van der Waals surface area (Å²) in [7, 11) is 1.51. The van der Waals surface area contributed by atoms with Crippen LogP contribution in [0.4, 0.5) is 4.39 Å². The molecule has 0 aromatic heterocycles. The molecular formula is C14H16FN3O2. The molecule has 6 heteroatoms. The zero-order valence-electron chi connectivity index (χ0n) is 11.1. The average molecular weight is 277 g/mol. The van der Waals surface area contributed by atoms with Gasteiger partial charge >= 0.3 is 0 Å². The summed E-state index contributed by atoms with van der Waals surface area (Å²) >= 11 is 0. The van der Waals surface area contributed by atoms with Crippen LogP contribution in [0.2, 0.25) is 0 Å². The van der Waals surface area contributed by atoms with Gasteiger partial charge in [-0.3, -0.25) is 9.59 Å². The van der Waals surface area contributed by atoms with E-state index in [1.54, 1.807) is 0 Å². The van der Waals surface area contributed by atoms with Crippen molar-refractivity contribution in [3.8, 4) is 11.8 Å². The Bertz CT molecular complexity index is 561. The third-order valence-corrected chi connectivity index (χ3v) is 2.47. The molecule has 2 amide bonds. The maximum absolute atomic E-state index is 13.7. The molecular weight excluding hydrogens is 261 g/mol. The predicted octanol–water partition coefficient (Wildman–Crippen LogP) is 0.00180. The van der Waals surface area contributed by atoms with Crippen molar-refractivity contribution in [1.29, 1.82) is 0 Å². The molecule has 0 atom stereocenters. The van der Waals surface area contributed by atoms with E-state index in [0.29, 0.717) is 0 Å². The van der Waals surface area contributed by atoms with Crippen molar-refractivity contribution in [2.45, 2.75) is 6.42 Å². The molecule has 1 rings (SSSR count). The predicted molar refractivity (Wildman–Crippen MR) is 73.3 cm³/mol. The number of rotatable bonds is 4. The van der Waals surface area contributed by atoms with Crippen LogP contribution in [0, 0.1) is 17.7 Å². The van der Waals surface area contributed by atoms with E-state index in [9.17, 15) is 14.0 Å². The quantitative estimate of drug-likeness (QED) is 0.677. The van der Waals surface area contributed by atoms with Gasteiger partial charge < -0.3 is 16.4 Å². The lowest BCUT2D eigenvalue weighted by Gasteiger charge is -2.05. The maximum Gasteiger partial charge on any atom is 0.251 e. The fourth-order valence-electron chi connectivity index (χ4n) is 1.42. The average Bonchev–Trinajstić information content (AvgIpc) is 2.45. The summed E-state index contributed by atoms with van der Waals surface area (Å²) in [4.78, 5) is 22.7. The molecule has 0 saturated carbocycles. The highest BCUT2D eigenvalue weighted by Gasteiger charge is 2.09. The van der Waals surface area contributed by atoms with Crippen LogP contribution in [0.1, 0.15) is 22.3 Å². The Kier molecular flexibility index (Phi) is 6.20. The normalized spacial score (nSPS) is 9.35. The number of nitrogens with two attached hydrogens (primary N) is 1. The first-order valence-corrected chi connectivity index (χ1v) is 6.05. The van der Waals surface area contributed by atoms with Crippen molar-refractivity contribution < 1.29 is 14.0 Å². The van der Waals surface area contributed by atoms with Gasteiger partial charge in [0.2, 0.25) is 5.91 Å². The van der Waals surface area contributed by atoms with E-state index >= 15 is 0 Å². The van der Waals surface area contributed by atoms with Gasteiger partial charge in [-0.25, -0.2) is 4.39 Å². The number of carbonyl (C=O) groups is 2. The Morgan fingerprint density at radius 3 is 2.75 bits per heavy atom. The van der Waals surface area contributed by atoms with Crippen molar-refractivity contribution in [2.75, 3.05) is 20.1 Å². The van der Waals surface area contributed by atoms with E-state index in [-0.39, 0.29) is 36.5 Å². The standard InChI is InChI=1S/C14H16FN3O2/c1-17-13(19)6-8-18-14(20)11-5-4-10(3-2-7-16)12(15)9-11/h4-5,9H,6-8,16H2,1H3,(H,17,19)(H,18,20). The lowest BCUT2D eigenvalue weighted by molar-refractivity contribution is -0.120. The van der Waals surface area contributed by atoms with Crippen LogP contribution in [-0.4, -0.2) is 32.0 Å². The minimum atomic E-state index is -0.579. The van der Waals surface area contributed by atoms with Gasteiger partial charge in [-0.2, -0.15) is 0 Å². The van der Waals surface area contributed by atoms with Gasteiger partial charge in [0.25, 0.3) is 5.91 Å². The summed E-state index contributed by atoms with van der Waals surface area (Å²) in [5.74, 6) is 3.92. The molecule has 0 aliphatic carbocycles. The first-order valence-electron chi connectivity index (χ1n) is 6.05. The summed E-state index contributed by atoms with van der Waals surface area (Å²) in [5.41, 5.74) is 5.57. The fraction of sp³-hybridized carbons (Fsp3) is 0.286. The summed E-state index contributed by atoms with van der Waals surface area (Å²) in [6.07, 6.45) is 0.171. The monoisotopic (exact) mass is 277 g/mol. The summed E-state index contributed by atoms with van der Waals surface area (Å²) in [5, 5.41) is 4.97. The second-order valence-electron chi connectivity index (χ2n) is 3.88. The Hall–Kier alpha value is -2.39. The zero-order chi connectivity index (χ0) is 15.0. The molecule has 0 heterocycles. The summed E-state index contributed by atoms with van der Waals surface area (Å²) < 4.78 is 13.7. The number of benzene rings is 1. The van der Waals surface area contributed by atoms with E-state index in [0.717, 1.165) is 6.07 Å². The highest BCUT2D eigenvalue weighted by Crippen LogP contribution is 2.09. The lowest BCUT2D eigenvalue weighted by atomic mass is 10.1. The van der Waals surface area contributed by atoms with Crippen molar-refractivity contribution >= 4 is 11.8 Å². The largest absolute Gasteiger partial charge is 0.359 e. The molecule has 0 aliphatic heterocycles. The molecule has 0 bridgehead atoms. The first kappa shape index (κ1) is 15.7. The molecule has 106 valence electrons. The Labute approximate surface area is 116 Å². The van der Waals surface area contributed by atoms with Gasteiger partial charge in [-0.15, -0.1) is 0 Å². The number of carbonyl (C=O) groups excluding carboxylic acids is 2. The van der Waals surface area contributed by atoms with Crippen LogP contribution in [0.3, 0.4) is 0 Å². The van der Waals surface area contributed by atoms with E-state index in [2.05, 4.69) is 22.5 Å². The molecule has 0 fully saturated rings. The first-order chi connectivity index (χ1) is 9.58. The summed E-state index contributed by atoms with van der Waals surface area (Å²) in [6.45, 7) is 0.329. The van der Waals surface area contributed by atoms with Gasteiger partial charge in [-0.05, 0) is 18.2 Å². The second kappa shape index (κ2) is 7.92. The molecule has 4 N–H and O–H groups in total.